The topological polar surface area (TPSA) is 34.2 Å². The number of rotatable bonds is 7. The van der Waals surface area contributed by atoms with Crippen molar-refractivity contribution in [3.63, 3.8) is 0 Å². The largest absolute Gasteiger partial charge is 0.487 e. The van der Waals surface area contributed by atoms with Gasteiger partial charge in [-0.1, -0.05) is 24.6 Å². The Hall–Kier alpha value is -1.10. The van der Waals surface area contributed by atoms with E-state index in [9.17, 15) is 0 Å². The van der Waals surface area contributed by atoms with Crippen LogP contribution in [0.3, 0.4) is 0 Å². The number of nitrogens with one attached hydrogen (secondary N) is 1. The maximum absolute atomic E-state index is 5.97. The van der Waals surface area contributed by atoms with E-state index in [0.717, 1.165) is 41.5 Å². The van der Waals surface area contributed by atoms with E-state index < -0.39 is 0 Å². The van der Waals surface area contributed by atoms with Gasteiger partial charge in [0, 0.05) is 16.9 Å². The Balaban J connectivity index is 1.89. The molecule has 0 saturated carbocycles. The van der Waals surface area contributed by atoms with E-state index in [-0.39, 0.29) is 0 Å². The first-order chi connectivity index (χ1) is 9.69. The van der Waals surface area contributed by atoms with E-state index >= 15 is 0 Å². The maximum atomic E-state index is 5.97. The number of halogens is 1. The Morgan fingerprint density at radius 3 is 3.05 bits per heavy atom. The second kappa shape index (κ2) is 7.62. The van der Waals surface area contributed by atoms with Crippen molar-refractivity contribution in [2.24, 2.45) is 0 Å². The number of thiazole rings is 1. The average molecular weight is 311 g/mol. The first kappa shape index (κ1) is 15.3. The van der Waals surface area contributed by atoms with Crippen LogP contribution in [0.25, 0.3) is 0 Å². The molecule has 108 valence electrons. The molecule has 1 aromatic carbocycles. The van der Waals surface area contributed by atoms with Crippen LogP contribution in [0.15, 0.2) is 23.6 Å². The summed E-state index contributed by atoms with van der Waals surface area (Å²) in [5.74, 6) is 0.816. The van der Waals surface area contributed by atoms with Gasteiger partial charge in [0.25, 0.3) is 0 Å². The van der Waals surface area contributed by atoms with Crippen LogP contribution in [0.5, 0.6) is 5.75 Å². The van der Waals surface area contributed by atoms with Crippen LogP contribution in [-0.4, -0.2) is 11.5 Å². The molecule has 2 rings (SSSR count). The minimum Gasteiger partial charge on any atom is -0.487 e. The van der Waals surface area contributed by atoms with Crippen molar-refractivity contribution in [1.29, 1.82) is 0 Å². The van der Waals surface area contributed by atoms with Crippen molar-refractivity contribution in [2.75, 3.05) is 6.54 Å². The number of hydrogen-bond acceptors (Lipinski definition) is 4. The van der Waals surface area contributed by atoms with Crippen molar-refractivity contribution in [3.8, 4) is 5.75 Å². The Bertz CT molecular complexity index is 557. The Labute approximate surface area is 129 Å². The monoisotopic (exact) mass is 310 g/mol. The number of benzene rings is 1. The fourth-order valence-corrected chi connectivity index (χ4v) is 2.66. The zero-order chi connectivity index (χ0) is 14.4. The molecule has 20 heavy (non-hydrogen) atoms. The molecule has 0 aliphatic carbocycles. The molecule has 0 spiro atoms. The first-order valence-electron chi connectivity index (χ1n) is 6.72. The minimum absolute atomic E-state index is 0.478. The Morgan fingerprint density at radius 1 is 1.40 bits per heavy atom. The molecule has 5 heteroatoms. The standard InChI is InChI=1S/C15H19ClN2OS/c1-3-6-17-8-15-18-13(10-20-15)9-19-14-7-12(16)5-4-11(14)2/h4-5,7,10,17H,3,6,8-9H2,1-2H3. The van der Waals surface area contributed by atoms with Crippen LogP contribution in [-0.2, 0) is 13.2 Å². The number of nitrogens with zero attached hydrogens (tertiary/aromatic N) is 1. The van der Waals surface area contributed by atoms with Gasteiger partial charge in [0.15, 0.2) is 0 Å². The quantitative estimate of drug-likeness (QED) is 0.779. The molecule has 0 unspecified atom stereocenters. The lowest BCUT2D eigenvalue weighted by Crippen LogP contribution is -2.13. The van der Waals surface area contributed by atoms with Crippen LogP contribution >= 0.6 is 22.9 Å². The van der Waals surface area contributed by atoms with E-state index in [0.29, 0.717) is 11.6 Å². The van der Waals surface area contributed by atoms with Gasteiger partial charge in [-0.15, -0.1) is 11.3 Å². The van der Waals surface area contributed by atoms with E-state index in [2.05, 4.69) is 17.2 Å². The van der Waals surface area contributed by atoms with Gasteiger partial charge in [-0.25, -0.2) is 4.98 Å². The molecular weight excluding hydrogens is 292 g/mol. The van der Waals surface area contributed by atoms with Gasteiger partial charge in [0.05, 0.1) is 5.69 Å². The van der Waals surface area contributed by atoms with Crippen molar-refractivity contribution in [2.45, 2.75) is 33.4 Å². The highest BCUT2D eigenvalue weighted by Gasteiger charge is 2.05. The summed E-state index contributed by atoms with van der Waals surface area (Å²) < 4.78 is 5.78. The fraction of sp³-hybridized carbons (Fsp3) is 0.400. The summed E-state index contributed by atoms with van der Waals surface area (Å²) in [6.07, 6.45) is 1.13. The zero-order valence-electron chi connectivity index (χ0n) is 11.8. The van der Waals surface area contributed by atoms with Gasteiger partial charge in [-0.3, -0.25) is 0 Å². The number of hydrogen-bond donors (Lipinski definition) is 1. The van der Waals surface area contributed by atoms with Crippen LogP contribution in [0.1, 0.15) is 29.6 Å². The third-order valence-electron chi connectivity index (χ3n) is 2.83. The molecule has 1 aromatic heterocycles. The molecule has 3 nitrogen and oxygen atoms in total. The molecule has 0 amide bonds. The van der Waals surface area contributed by atoms with Crippen molar-refractivity contribution < 1.29 is 4.74 Å². The summed E-state index contributed by atoms with van der Waals surface area (Å²) in [6, 6.07) is 5.66. The summed E-state index contributed by atoms with van der Waals surface area (Å²) in [5.41, 5.74) is 2.04. The second-order valence-electron chi connectivity index (χ2n) is 4.61. The van der Waals surface area contributed by atoms with Crippen molar-refractivity contribution in [3.05, 3.63) is 44.9 Å². The molecular formula is C15H19ClN2OS. The number of aromatic nitrogens is 1. The van der Waals surface area contributed by atoms with E-state index in [4.69, 9.17) is 16.3 Å². The lowest BCUT2D eigenvalue weighted by Gasteiger charge is -2.07. The molecule has 0 saturated heterocycles. The highest BCUT2D eigenvalue weighted by Crippen LogP contribution is 2.23. The molecule has 0 aliphatic heterocycles. The predicted octanol–water partition coefficient (Wildman–Crippen LogP) is 4.18. The van der Waals surface area contributed by atoms with Crippen molar-refractivity contribution in [1.82, 2.24) is 10.3 Å². The van der Waals surface area contributed by atoms with Crippen LogP contribution < -0.4 is 10.1 Å². The Morgan fingerprint density at radius 2 is 2.25 bits per heavy atom. The summed E-state index contributed by atoms with van der Waals surface area (Å²) in [6.45, 7) is 6.49. The molecule has 2 aromatic rings. The summed E-state index contributed by atoms with van der Waals surface area (Å²) in [5, 5.41) is 7.17. The summed E-state index contributed by atoms with van der Waals surface area (Å²) >= 11 is 7.63. The average Bonchev–Trinajstić information content (AvgIpc) is 2.88. The zero-order valence-corrected chi connectivity index (χ0v) is 13.4. The van der Waals surface area contributed by atoms with Gasteiger partial charge in [-0.05, 0) is 37.6 Å². The summed E-state index contributed by atoms with van der Waals surface area (Å²) in [4.78, 5) is 4.55. The van der Waals surface area contributed by atoms with Gasteiger partial charge in [0.1, 0.15) is 17.4 Å². The lowest BCUT2D eigenvalue weighted by atomic mass is 10.2. The van der Waals surface area contributed by atoms with Gasteiger partial charge in [0.2, 0.25) is 0 Å². The molecule has 0 radical (unpaired) electrons. The van der Waals surface area contributed by atoms with Gasteiger partial charge in [-0.2, -0.15) is 0 Å². The highest BCUT2D eigenvalue weighted by molar-refractivity contribution is 7.09. The van der Waals surface area contributed by atoms with Gasteiger partial charge < -0.3 is 10.1 Å². The van der Waals surface area contributed by atoms with E-state index in [1.54, 1.807) is 11.3 Å². The molecule has 0 fully saturated rings. The van der Waals surface area contributed by atoms with Crippen LogP contribution in [0, 0.1) is 6.92 Å². The SMILES string of the molecule is CCCNCc1nc(COc2cc(Cl)ccc2C)cs1. The molecule has 1 heterocycles. The molecule has 0 bridgehead atoms. The lowest BCUT2D eigenvalue weighted by molar-refractivity contribution is 0.300. The van der Waals surface area contributed by atoms with Crippen LogP contribution in [0.4, 0.5) is 0 Å². The van der Waals surface area contributed by atoms with Crippen molar-refractivity contribution >= 4 is 22.9 Å². The van der Waals surface area contributed by atoms with Crippen LogP contribution in [0.2, 0.25) is 5.02 Å². The third-order valence-corrected chi connectivity index (χ3v) is 3.96. The number of aryl methyl sites for hydroxylation is 1. The highest BCUT2D eigenvalue weighted by atomic mass is 35.5. The normalized spacial score (nSPS) is 10.8. The predicted molar refractivity (Wildman–Crippen MR) is 84.6 cm³/mol. The first-order valence-corrected chi connectivity index (χ1v) is 7.97. The second-order valence-corrected chi connectivity index (χ2v) is 5.99. The molecule has 1 N–H and O–H groups in total. The smallest absolute Gasteiger partial charge is 0.131 e. The van der Waals surface area contributed by atoms with E-state index in [1.807, 2.05) is 30.5 Å². The molecule has 0 atom stereocenters. The van der Waals surface area contributed by atoms with E-state index in [1.165, 1.54) is 0 Å². The fourth-order valence-electron chi connectivity index (χ4n) is 1.75. The summed E-state index contributed by atoms with van der Waals surface area (Å²) in [7, 11) is 0. The minimum atomic E-state index is 0.478. The van der Waals surface area contributed by atoms with Gasteiger partial charge >= 0.3 is 0 Å². The maximum Gasteiger partial charge on any atom is 0.131 e. The third kappa shape index (κ3) is 4.47. The Kier molecular flexibility index (Phi) is 5.83. The number of ether oxygens (including phenoxy) is 1. The molecule has 0 aliphatic rings.